The zero-order chi connectivity index (χ0) is 34.8. The predicted molar refractivity (Wildman–Crippen MR) is 224 cm³/mol. The van der Waals surface area contributed by atoms with Gasteiger partial charge in [-0.2, -0.15) is 0 Å². The first kappa shape index (κ1) is 30.4. The summed E-state index contributed by atoms with van der Waals surface area (Å²) in [5.74, 6) is 0. The molecule has 0 heteroatoms. The van der Waals surface area contributed by atoms with E-state index in [2.05, 4.69) is 175 Å². The normalized spacial score (nSPS) is 13.0. The van der Waals surface area contributed by atoms with E-state index in [9.17, 15) is 0 Å². The fourth-order valence-electron chi connectivity index (χ4n) is 8.75. The van der Waals surface area contributed by atoms with Crippen LogP contribution in [0.4, 0.5) is 0 Å². The largest absolute Gasteiger partial charge is 0.0646 e. The van der Waals surface area contributed by atoms with Gasteiger partial charge >= 0.3 is 0 Å². The van der Waals surface area contributed by atoms with Crippen molar-refractivity contribution in [3.8, 4) is 22.3 Å². The summed E-state index contributed by atoms with van der Waals surface area (Å²) in [6, 6.07) is 51.5. The Morgan fingerprint density at radius 1 is 0.353 bits per heavy atom. The third-order valence-corrected chi connectivity index (χ3v) is 12.2. The SMILES string of the molecule is CCC(C)(C)c1cc2ccc3ccc(-c4ccc5cc(-c6ccc7ccc8cc(C(C)(C)C)cc9ccc6c7c89)ccc5c4)c4ccc(c1)c2c34. The van der Waals surface area contributed by atoms with Crippen LogP contribution in [0.5, 0.6) is 0 Å². The van der Waals surface area contributed by atoms with E-state index in [1.165, 1.54) is 109 Å². The van der Waals surface area contributed by atoms with Gasteiger partial charge in [0.15, 0.2) is 0 Å². The molecule has 0 aliphatic rings. The van der Waals surface area contributed by atoms with Crippen molar-refractivity contribution in [2.45, 2.75) is 58.8 Å². The molecule has 246 valence electrons. The van der Waals surface area contributed by atoms with Crippen LogP contribution in [0, 0.1) is 0 Å². The molecule has 0 aliphatic carbocycles. The Bertz CT molecular complexity index is 2960. The number of fused-ring (bicyclic) bond motifs is 1. The van der Waals surface area contributed by atoms with Crippen LogP contribution in [0.25, 0.3) is 97.7 Å². The molecule has 10 rings (SSSR count). The Kier molecular flexibility index (Phi) is 6.27. The zero-order valence-corrected chi connectivity index (χ0v) is 30.4. The van der Waals surface area contributed by atoms with Crippen LogP contribution in [0.3, 0.4) is 0 Å². The van der Waals surface area contributed by atoms with Gasteiger partial charge in [0.1, 0.15) is 0 Å². The van der Waals surface area contributed by atoms with Crippen LogP contribution in [-0.2, 0) is 10.8 Å². The second-order valence-electron chi connectivity index (χ2n) is 16.6. The van der Waals surface area contributed by atoms with E-state index in [4.69, 9.17) is 0 Å². The molecular formula is C51H42. The van der Waals surface area contributed by atoms with E-state index < -0.39 is 0 Å². The summed E-state index contributed by atoms with van der Waals surface area (Å²) in [5.41, 5.74) is 8.17. The highest BCUT2D eigenvalue weighted by Crippen LogP contribution is 2.44. The number of hydrogen-bond donors (Lipinski definition) is 0. The molecule has 0 unspecified atom stereocenters. The molecule has 10 aromatic rings. The molecule has 0 aliphatic heterocycles. The predicted octanol–water partition coefficient (Wildman–Crippen LogP) is 15.0. The van der Waals surface area contributed by atoms with Gasteiger partial charge in [-0.05, 0) is 138 Å². The van der Waals surface area contributed by atoms with Gasteiger partial charge in [-0.3, -0.25) is 0 Å². The van der Waals surface area contributed by atoms with E-state index in [1.54, 1.807) is 0 Å². The van der Waals surface area contributed by atoms with Gasteiger partial charge in [0.2, 0.25) is 0 Å². The van der Waals surface area contributed by atoms with Crippen molar-refractivity contribution in [1.29, 1.82) is 0 Å². The lowest BCUT2D eigenvalue weighted by atomic mass is 9.79. The van der Waals surface area contributed by atoms with Gasteiger partial charge in [-0.1, -0.05) is 163 Å². The summed E-state index contributed by atoms with van der Waals surface area (Å²) in [4.78, 5) is 0. The maximum atomic E-state index is 2.43. The standard InChI is InChI=1S/C51H42/c1-7-51(5,6)41-28-37-15-9-31-17-21-43(45-23-19-39(29-41)47(37)49(31)45)35-13-11-32-24-34(12-10-33(32)25-35)42-20-16-30-8-14-36-26-40(50(2,3)4)27-38-18-22-44(42)48(30)46(36)38/h8-29H,7H2,1-6H3. The Hall–Kier alpha value is -5.46. The van der Waals surface area contributed by atoms with Crippen LogP contribution in [0.2, 0.25) is 0 Å². The Balaban J connectivity index is 1.09. The molecule has 0 saturated carbocycles. The van der Waals surface area contributed by atoms with Gasteiger partial charge < -0.3 is 0 Å². The van der Waals surface area contributed by atoms with E-state index in [0.29, 0.717) is 0 Å². The van der Waals surface area contributed by atoms with E-state index >= 15 is 0 Å². The first-order valence-corrected chi connectivity index (χ1v) is 18.6. The minimum absolute atomic E-state index is 0.108. The summed E-state index contributed by atoms with van der Waals surface area (Å²) < 4.78 is 0. The third kappa shape index (κ3) is 4.52. The second-order valence-corrected chi connectivity index (χ2v) is 16.6. The van der Waals surface area contributed by atoms with Crippen molar-refractivity contribution < 1.29 is 0 Å². The van der Waals surface area contributed by atoms with Crippen LogP contribution in [-0.4, -0.2) is 0 Å². The fourth-order valence-corrected chi connectivity index (χ4v) is 8.75. The monoisotopic (exact) mass is 654 g/mol. The minimum Gasteiger partial charge on any atom is -0.0646 e. The zero-order valence-electron chi connectivity index (χ0n) is 30.4. The Morgan fingerprint density at radius 2 is 0.725 bits per heavy atom. The summed E-state index contributed by atoms with van der Waals surface area (Å²) in [6.07, 6.45) is 1.12. The molecule has 0 fully saturated rings. The molecule has 0 N–H and O–H groups in total. The molecule has 0 heterocycles. The lowest BCUT2D eigenvalue weighted by Gasteiger charge is -2.25. The molecule has 0 aromatic heterocycles. The van der Waals surface area contributed by atoms with E-state index in [0.717, 1.165) is 6.42 Å². The van der Waals surface area contributed by atoms with Gasteiger partial charge in [-0.25, -0.2) is 0 Å². The number of rotatable bonds is 4. The summed E-state index contributed by atoms with van der Waals surface area (Å²) in [7, 11) is 0. The van der Waals surface area contributed by atoms with Gasteiger partial charge in [0.25, 0.3) is 0 Å². The van der Waals surface area contributed by atoms with Gasteiger partial charge in [-0.15, -0.1) is 0 Å². The molecule has 0 nitrogen and oxygen atoms in total. The minimum atomic E-state index is 0.108. The van der Waals surface area contributed by atoms with Crippen LogP contribution in [0.1, 0.15) is 59.1 Å². The molecular weight excluding hydrogens is 613 g/mol. The van der Waals surface area contributed by atoms with Crippen molar-refractivity contribution in [2.75, 3.05) is 0 Å². The molecule has 0 atom stereocenters. The molecule has 0 radical (unpaired) electrons. The molecule has 51 heavy (non-hydrogen) atoms. The molecule has 0 saturated heterocycles. The van der Waals surface area contributed by atoms with Gasteiger partial charge in [0.05, 0.1) is 0 Å². The maximum Gasteiger partial charge on any atom is -0.00206 e. The highest BCUT2D eigenvalue weighted by molar-refractivity contribution is 6.27. The fraction of sp³-hybridized carbons (Fsp3) is 0.176. The van der Waals surface area contributed by atoms with E-state index in [-0.39, 0.29) is 10.8 Å². The quantitative estimate of drug-likeness (QED) is 0.166. The summed E-state index contributed by atoms with van der Waals surface area (Å²) in [6.45, 7) is 13.9. The van der Waals surface area contributed by atoms with Crippen LogP contribution < -0.4 is 0 Å². The second kappa shape index (κ2) is 10.5. The topological polar surface area (TPSA) is 0 Å². The van der Waals surface area contributed by atoms with Crippen LogP contribution in [0.15, 0.2) is 133 Å². The van der Waals surface area contributed by atoms with Crippen molar-refractivity contribution in [3.63, 3.8) is 0 Å². The first-order chi connectivity index (χ1) is 24.6. The molecule has 10 aromatic carbocycles. The smallest absolute Gasteiger partial charge is 0.00206 e. The van der Waals surface area contributed by atoms with Crippen LogP contribution >= 0.6 is 0 Å². The van der Waals surface area contributed by atoms with E-state index in [1.807, 2.05) is 0 Å². The molecule has 0 spiro atoms. The molecule has 0 bridgehead atoms. The van der Waals surface area contributed by atoms with Crippen molar-refractivity contribution in [3.05, 3.63) is 145 Å². The Labute approximate surface area is 300 Å². The average Bonchev–Trinajstić information content (AvgIpc) is 3.14. The Morgan fingerprint density at radius 3 is 1.16 bits per heavy atom. The molecule has 0 amide bonds. The summed E-state index contributed by atoms with van der Waals surface area (Å²) in [5, 5.41) is 18.6. The van der Waals surface area contributed by atoms with Gasteiger partial charge in [0, 0.05) is 0 Å². The lowest BCUT2D eigenvalue weighted by molar-refractivity contribution is 0.507. The summed E-state index contributed by atoms with van der Waals surface area (Å²) >= 11 is 0. The van der Waals surface area contributed by atoms with Crippen molar-refractivity contribution >= 4 is 75.4 Å². The highest BCUT2D eigenvalue weighted by atomic mass is 14.3. The van der Waals surface area contributed by atoms with Crippen molar-refractivity contribution in [2.24, 2.45) is 0 Å². The number of hydrogen-bond acceptors (Lipinski definition) is 0. The third-order valence-electron chi connectivity index (χ3n) is 12.2. The highest BCUT2D eigenvalue weighted by Gasteiger charge is 2.21. The average molecular weight is 655 g/mol. The number of benzene rings is 10. The maximum absolute atomic E-state index is 2.43. The lowest BCUT2D eigenvalue weighted by Crippen LogP contribution is -2.15. The van der Waals surface area contributed by atoms with Crippen molar-refractivity contribution in [1.82, 2.24) is 0 Å². The first-order valence-electron chi connectivity index (χ1n) is 18.6.